The van der Waals surface area contributed by atoms with Crippen molar-refractivity contribution in [1.82, 2.24) is 5.32 Å². The van der Waals surface area contributed by atoms with Crippen LogP contribution in [-0.4, -0.2) is 52.1 Å². The van der Waals surface area contributed by atoms with Gasteiger partial charge in [-0.3, -0.25) is 4.79 Å². The molecule has 0 atom stereocenters. The Balaban J connectivity index is -0.000000739. The first-order valence-corrected chi connectivity index (χ1v) is 8.31. The first-order chi connectivity index (χ1) is 10.3. The van der Waals surface area contributed by atoms with Crippen LogP contribution in [0.2, 0.25) is 0 Å². The van der Waals surface area contributed by atoms with E-state index < -0.39 is 0 Å². The van der Waals surface area contributed by atoms with Crippen LogP contribution in [0.4, 0.5) is 0 Å². The summed E-state index contributed by atoms with van der Waals surface area (Å²) in [6, 6.07) is 0. The summed E-state index contributed by atoms with van der Waals surface area (Å²) in [4.78, 5) is 10.9. The van der Waals surface area contributed by atoms with Gasteiger partial charge in [0.25, 0.3) is 0 Å². The summed E-state index contributed by atoms with van der Waals surface area (Å²) in [6.45, 7) is 16.1. The zero-order chi connectivity index (χ0) is 16.8. The molecular weight excluding hydrogens is 270 g/mol. The molecule has 1 N–H and O–H groups in total. The maximum absolute atomic E-state index is 10.9. The SMILES string of the molecule is CC.CC.CCCOCCOCCOCCNC(=O)CC. The molecule has 0 fully saturated rings. The van der Waals surface area contributed by atoms with Gasteiger partial charge in [-0.05, 0) is 6.42 Å². The third kappa shape index (κ3) is 28.3. The van der Waals surface area contributed by atoms with E-state index in [1.54, 1.807) is 0 Å². The molecule has 0 aromatic heterocycles. The van der Waals surface area contributed by atoms with Gasteiger partial charge in [0, 0.05) is 19.6 Å². The molecule has 0 aliphatic rings. The number of hydrogen-bond acceptors (Lipinski definition) is 4. The monoisotopic (exact) mass is 307 g/mol. The Morgan fingerprint density at radius 2 is 1.19 bits per heavy atom. The smallest absolute Gasteiger partial charge is 0.219 e. The summed E-state index contributed by atoms with van der Waals surface area (Å²) in [7, 11) is 0. The van der Waals surface area contributed by atoms with E-state index in [0.29, 0.717) is 46.0 Å². The molecule has 0 radical (unpaired) electrons. The van der Waals surface area contributed by atoms with Crippen LogP contribution in [0.1, 0.15) is 54.4 Å². The van der Waals surface area contributed by atoms with Gasteiger partial charge in [0.05, 0.1) is 33.0 Å². The third-order valence-corrected chi connectivity index (χ3v) is 1.98. The van der Waals surface area contributed by atoms with E-state index in [1.807, 2.05) is 34.6 Å². The minimum Gasteiger partial charge on any atom is -0.379 e. The molecule has 130 valence electrons. The second-order valence-electron chi connectivity index (χ2n) is 3.54. The van der Waals surface area contributed by atoms with E-state index >= 15 is 0 Å². The Labute approximate surface area is 131 Å². The number of nitrogens with one attached hydrogen (secondary N) is 1. The molecule has 0 spiro atoms. The van der Waals surface area contributed by atoms with E-state index in [2.05, 4.69) is 12.2 Å². The van der Waals surface area contributed by atoms with E-state index in [0.717, 1.165) is 13.0 Å². The molecule has 0 heterocycles. The Bertz CT molecular complexity index is 178. The van der Waals surface area contributed by atoms with Crippen LogP contribution in [0.15, 0.2) is 0 Å². The lowest BCUT2D eigenvalue weighted by Crippen LogP contribution is -2.26. The second kappa shape index (κ2) is 27.7. The Hall–Kier alpha value is -0.650. The zero-order valence-corrected chi connectivity index (χ0v) is 15.0. The lowest BCUT2D eigenvalue weighted by Gasteiger charge is -2.07. The molecule has 21 heavy (non-hydrogen) atoms. The largest absolute Gasteiger partial charge is 0.379 e. The molecule has 0 saturated carbocycles. The molecular formula is C16H37NO4. The van der Waals surface area contributed by atoms with Crippen molar-refractivity contribution in [2.75, 3.05) is 46.2 Å². The molecule has 5 nitrogen and oxygen atoms in total. The van der Waals surface area contributed by atoms with Crippen molar-refractivity contribution in [1.29, 1.82) is 0 Å². The van der Waals surface area contributed by atoms with Gasteiger partial charge in [-0.15, -0.1) is 0 Å². The van der Waals surface area contributed by atoms with Gasteiger partial charge in [0.1, 0.15) is 0 Å². The Morgan fingerprint density at radius 1 is 0.762 bits per heavy atom. The highest BCUT2D eigenvalue weighted by molar-refractivity contribution is 5.75. The average Bonchev–Trinajstić information content (AvgIpc) is 2.56. The third-order valence-electron chi connectivity index (χ3n) is 1.98. The van der Waals surface area contributed by atoms with Crippen LogP contribution < -0.4 is 5.32 Å². The fourth-order valence-corrected chi connectivity index (χ4v) is 1.07. The summed E-state index contributed by atoms with van der Waals surface area (Å²) in [5.41, 5.74) is 0. The van der Waals surface area contributed by atoms with Crippen LogP contribution in [0.5, 0.6) is 0 Å². The molecule has 0 unspecified atom stereocenters. The maximum Gasteiger partial charge on any atom is 0.219 e. The van der Waals surface area contributed by atoms with E-state index in [-0.39, 0.29) is 5.91 Å². The van der Waals surface area contributed by atoms with Gasteiger partial charge in [-0.25, -0.2) is 0 Å². The molecule has 1 amide bonds. The van der Waals surface area contributed by atoms with Gasteiger partial charge >= 0.3 is 0 Å². The molecule has 0 rings (SSSR count). The van der Waals surface area contributed by atoms with Gasteiger partial charge in [0.2, 0.25) is 5.91 Å². The normalized spacial score (nSPS) is 9.05. The fourth-order valence-electron chi connectivity index (χ4n) is 1.07. The number of rotatable bonds is 12. The van der Waals surface area contributed by atoms with E-state index in [9.17, 15) is 4.79 Å². The van der Waals surface area contributed by atoms with Crippen molar-refractivity contribution in [3.05, 3.63) is 0 Å². The Morgan fingerprint density at radius 3 is 1.62 bits per heavy atom. The summed E-state index contributed by atoms with van der Waals surface area (Å²) in [6.07, 6.45) is 1.55. The van der Waals surface area contributed by atoms with E-state index in [4.69, 9.17) is 14.2 Å². The van der Waals surface area contributed by atoms with Crippen molar-refractivity contribution >= 4 is 5.91 Å². The maximum atomic E-state index is 10.9. The highest BCUT2D eigenvalue weighted by Gasteiger charge is 1.95. The van der Waals surface area contributed by atoms with Gasteiger partial charge in [-0.1, -0.05) is 41.5 Å². The molecule has 0 aromatic rings. The summed E-state index contributed by atoms with van der Waals surface area (Å²) < 4.78 is 15.8. The summed E-state index contributed by atoms with van der Waals surface area (Å²) in [5.74, 6) is 0.0536. The highest BCUT2D eigenvalue weighted by atomic mass is 16.5. The average molecular weight is 307 g/mol. The molecule has 0 aliphatic carbocycles. The van der Waals surface area contributed by atoms with Crippen molar-refractivity contribution < 1.29 is 19.0 Å². The molecule has 5 heteroatoms. The highest BCUT2D eigenvalue weighted by Crippen LogP contribution is 1.83. The topological polar surface area (TPSA) is 56.8 Å². The van der Waals surface area contributed by atoms with E-state index in [1.165, 1.54) is 0 Å². The van der Waals surface area contributed by atoms with Crippen LogP contribution >= 0.6 is 0 Å². The van der Waals surface area contributed by atoms with Crippen molar-refractivity contribution in [3.63, 3.8) is 0 Å². The minimum atomic E-state index is 0.0536. The molecule has 0 aromatic carbocycles. The zero-order valence-electron chi connectivity index (χ0n) is 15.0. The first kappa shape index (κ1) is 25.3. The predicted octanol–water partition coefficient (Wildman–Crippen LogP) is 3.02. The van der Waals surface area contributed by atoms with Gasteiger partial charge < -0.3 is 19.5 Å². The van der Waals surface area contributed by atoms with Crippen molar-refractivity contribution in [2.24, 2.45) is 0 Å². The van der Waals surface area contributed by atoms with Crippen molar-refractivity contribution in [3.8, 4) is 0 Å². The fraction of sp³-hybridized carbons (Fsp3) is 0.938. The van der Waals surface area contributed by atoms with Crippen molar-refractivity contribution in [2.45, 2.75) is 54.4 Å². The molecule has 0 aliphatic heterocycles. The number of amides is 1. The predicted molar refractivity (Wildman–Crippen MR) is 88.7 cm³/mol. The number of ether oxygens (including phenoxy) is 3. The molecule has 0 bridgehead atoms. The first-order valence-electron chi connectivity index (χ1n) is 8.31. The van der Waals surface area contributed by atoms with Gasteiger partial charge in [-0.2, -0.15) is 0 Å². The Kier molecular flexibility index (Phi) is 33.3. The van der Waals surface area contributed by atoms with Crippen LogP contribution in [0, 0.1) is 0 Å². The lowest BCUT2D eigenvalue weighted by molar-refractivity contribution is -0.121. The summed E-state index contributed by atoms with van der Waals surface area (Å²) in [5, 5.41) is 2.73. The van der Waals surface area contributed by atoms with Gasteiger partial charge in [0.15, 0.2) is 0 Å². The quantitative estimate of drug-likeness (QED) is 0.563. The van der Waals surface area contributed by atoms with Crippen LogP contribution in [-0.2, 0) is 19.0 Å². The second-order valence-corrected chi connectivity index (χ2v) is 3.54. The van der Waals surface area contributed by atoms with Crippen LogP contribution in [0.3, 0.4) is 0 Å². The number of carbonyl (C=O) groups is 1. The molecule has 0 saturated heterocycles. The standard InChI is InChI=1S/C12H25NO4.2C2H6/c1-3-6-15-8-10-17-11-9-16-7-5-13-12(14)4-2;2*1-2/h3-11H2,1-2H3,(H,13,14);2*1-2H3. The number of carbonyl (C=O) groups excluding carboxylic acids is 1. The lowest BCUT2D eigenvalue weighted by atomic mass is 10.4. The summed E-state index contributed by atoms with van der Waals surface area (Å²) >= 11 is 0. The van der Waals surface area contributed by atoms with Crippen LogP contribution in [0.25, 0.3) is 0 Å². The number of hydrogen-bond donors (Lipinski definition) is 1. The minimum absolute atomic E-state index is 0.0536.